The van der Waals surface area contributed by atoms with Crippen LogP contribution >= 0.6 is 0 Å². The number of hydrogen-bond acceptors (Lipinski definition) is 7. The van der Waals surface area contributed by atoms with Crippen LogP contribution in [0.4, 0.5) is 0 Å². The van der Waals surface area contributed by atoms with Crippen molar-refractivity contribution in [3.05, 3.63) is 34.9 Å². The van der Waals surface area contributed by atoms with Gasteiger partial charge in [0.2, 0.25) is 0 Å². The summed E-state index contributed by atoms with van der Waals surface area (Å²) in [5, 5.41) is 23.7. The number of carbonyl (C=O) groups is 2. The lowest BCUT2D eigenvalue weighted by Gasteiger charge is -2.62. The fourth-order valence-electron chi connectivity index (χ4n) is 9.35. The highest BCUT2D eigenvalue weighted by molar-refractivity contribution is 5.71. The summed E-state index contributed by atoms with van der Waals surface area (Å²) >= 11 is 0. The molecular weight excluding hydrogens is 518 g/mol. The number of rotatable bonds is 8. The molecule has 4 N–H and O–H groups in total. The van der Waals surface area contributed by atoms with Crippen LogP contribution in [0, 0.1) is 39.9 Å². The van der Waals surface area contributed by atoms with Gasteiger partial charge < -0.3 is 25.4 Å². The van der Waals surface area contributed by atoms with Crippen molar-refractivity contribution >= 4 is 11.9 Å². The van der Waals surface area contributed by atoms with E-state index in [0.717, 1.165) is 37.7 Å². The van der Waals surface area contributed by atoms with Gasteiger partial charge in [-0.1, -0.05) is 66.7 Å². The maximum atomic E-state index is 12.5. The molecule has 0 amide bonds. The maximum Gasteiger partial charge on any atom is 0.320 e. The van der Waals surface area contributed by atoms with Gasteiger partial charge in [-0.05, 0) is 89.7 Å². The second-order valence-electron chi connectivity index (χ2n) is 14.7. The van der Waals surface area contributed by atoms with Gasteiger partial charge in [0.25, 0.3) is 0 Å². The monoisotopic (exact) mass is 571 g/mol. The first kappa shape index (κ1) is 32.0. The summed E-state index contributed by atoms with van der Waals surface area (Å²) in [6.07, 6.45) is 3.81. The molecule has 7 heteroatoms. The van der Waals surface area contributed by atoms with Crippen LogP contribution in [-0.2, 0) is 19.1 Å². The molecule has 0 heterocycles. The Morgan fingerprint density at radius 2 is 1.80 bits per heavy atom. The number of ether oxygens (including phenoxy) is 2. The Labute approximate surface area is 246 Å². The van der Waals surface area contributed by atoms with Crippen LogP contribution in [0.15, 0.2) is 34.9 Å². The predicted octanol–water partition coefficient (Wildman–Crippen LogP) is 5.25. The van der Waals surface area contributed by atoms with E-state index in [9.17, 15) is 19.8 Å². The molecule has 3 unspecified atom stereocenters. The third kappa shape index (κ3) is 5.14. The molecule has 0 radical (unpaired) electrons. The summed E-state index contributed by atoms with van der Waals surface area (Å²) in [5.41, 5.74) is 8.37. The van der Waals surface area contributed by atoms with Crippen molar-refractivity contribution in [2.75, 3.05) is 6.54 Å². The lowest BCUT2D eigenvalue weighted by atomic mass is 9.45. The number of aliphatic hydroxyl groups is 2. The zero-order chi connectivity index (χ0) is 30.7. The van der Waals surface area contributed by atoms with Gasteiger partial charge in [0.15, 0.2) is 0 Å². The molecule has 4 rings (SSSR count). The second kappa shape index (κ2) is 11.3. The molecule has 4 aliphatic rings. The highest BCUT2D eigenvalue weighted by Crippen LogP contribution is 2.67. The predicted molar refractivity (Wildman–Crippen MR) is 159 cm³/mol. The first-order valence-electron chi connectivity index (χ1n) is 15.6. The highest BCUT2D eigenvalue weighted by atomic mass is 16.6. The van der Waals surface area contributed by atoms with Gasteiger partial charge in [-0.25, -0.2) is 0 Å². The topological polar surface area (TPSA) is 119 Å². The van der Waals surface area contributed by atoms with Gasteiger partial charge in [-0.15, -0.1) is 0 Å². The average Bonchev–Trinajstić information content (AvgIpc) is 3.25. The van der Waals surface area contributed by atoms with E-state index in [2.05, 4.69) is 47.3 Å². The second-order valence-corrected chi connectivity index (χ2v) is 14.7. The highest BCUT2D eigenvalue weighted by Gasteiger charge is 2.65. The SMILES string of the molecule is C=C(CC[C@@H](C)[C@H]1CC=C2C3=C([C@@H](O)[C@H](OC(C)=O)C21C)C1(C)C[C@@H](OC(=O)CN)[C@H](O)C(C)(C)C1CC3)C(C)C. The van der Waals surface area contributed by atoms with Crippen molar-refractivity contribution in [1.29, 1.82) is 0 Å². The van der Waals surface area contributed by atoms with Gasteiger partial charge in [-0.3, -0.25) is 9.59 Å². The molecule has 0 saturated heterocycles. The lowest BCUT2D eigenvalue weighted by molar-refractivity contribution is -0.192. The number of esters is 2. The maximum absolute atomic E-state index is 12.5. The van der Waals surface area contributed by atoms with Gasteiger partial charge in [0.05, 0.1) is 12.6 Å². The average molecular weight is 572 g/mol. The fraction of sp³-hybridized carbons (Fsp3) is 0.765. The molecule has 4 aliphatic carbocycles. The van der Waals surface area contributed by atoms with E-state index >= 15 is 0 Å². The Morgan fingerprint density at radius 3 is 2.39 bits per heavy atom. The summed E-state index contributed by atoms with van der Waals surface area (Å²) < 4.78 is 11.8. The normalized spacial score (nSPS) is 38.4. The van der Waals surface area contributed by atoms with E-state index in [1.54, 1.807) is 0 Å². The molecule has 0 aromatic carbocycles. The van der Waals surface area contributed by atoms with Crippen molar-refractivity contribution in [1.82, 2.24) is 0 Å². The number of allylic oxidation sites excluding steroid dienone is 3. The number of hydrogen-bond donors (Lipinski definition) is 3. The van der Waals surface area contributed by atoms with Crippen LogP contribution in [0.25, 0.3) is 0 Å². The first-order valence-corrected chi connectivity index (χ1v) is 15.6. The van der Waals surface area contributed by atoms with Crippen molar-refractivity contribution in [2.45, 2.75) is 118 Å². The summed E-state index contributed by atoms with van der Waals surface area (Å²) in [7, 11) is 0. The van der Waals surface area contributed by atoms with E-state index in [0.29, 0.717) is 18.3 Å². The van der Waals surface area contributed by atoms with Crippen molar-refractivity contribution in [2.24, 2.45) is 45.7 Å². The van der Waals surface area contributed by atoms with Crippen LogP contribution in [0.5, 0.6) is 0 Å². The molecule has 1 fully saturated rings. The Hall–Kier alpha value is -1.96. The minimum Gasteiger partial charge on any atom is -0.459 e. The zero-order valence-corrected chi connectivity index (χ0v) is 26.5. The molecule has 41 heavy (non-hydrogen) atoms. The van der Waals surface area contributed by atoms with E-state index in [1.165, 1.54) is 23.6 Å². The fourth-order valence-corrected chi connectivity index (χ4v) is 9.35. The number of carbonyl (C=O) groups excluding carboxylic acids is 2. The van der Waals surface area contributed by atoms with Gasteiger partial charge in [0, 0.05) is 12.3 Å². The number of nitrogens with two attached hydrogens (primary N) is 1. The van der Waals surface area contributed by atoms with Crippen LogP contribution in [-0.4, -0.2) is 53.1 Å². The largest absolute Gasteiger partial charge is 0.459 e. The smallest absolute Gasteiger partial charge is 0.320 e. The minimum absolute atomic E-state index is 0.0346. The van der Waals surface area contributed by atoms with E-state index in [4.69, 9.17) is 15.2 Å². The molecule has 0 aromatic rings. The van der Waals surface area contributed by atoms with Crippen molar-refractivity contribution in [3.8, 4) is 0 Å². The van der Waals surface area contributed by atoms with Gasteiger partial charge >= 0.3 is 11.9 Å². The Balaban J connectivity index is 1.79. The van der Waals surface area contributed by atoms with Crippen molar-refractivity contribution < 1.29 is 29.3 Å². The van der Waals surface area contributed by atoms with Gasteiger partial charge in [0.1, 0.15) is 18.3 Å². The standard InChI is InChI=1S/C34H53NO6/c1-18(2)19(3)10-11-20(4)23-13-14-24-22-12-15-26-32(6,7)30(39)25(41-27(37)17-35)16-33(26,8)28(22)29(38)31(34(23,24)9)40-21(5)36/h14,18,20,23,25-26,29-31,38-39H,3,10-13,15-17,35H2,1-2,4-9H3/t20-,23-,25-,26?,29-,30+,31+,33?,34?/m1/s1. The molecule has 0 spiro atoms. The minimum atomic E-state index is -1.00. The van der Waals surface area contributed by atoms with Crippen LogP contribution in [0.2, 0.25) is 0 Å². The lowest BCUT2D eigenvalue weighted by Crippen LogP contribution is -2.63. The van der Waals surface area contributed by atoms with E-state index in [-0.39, 0.29) is 18.4 Å². The van der Waals surface area contributed by atoms with Crippen molar-refractivity contribution in [3.63, 3.8) is 0 Å². The Bertz CT molecular complexity index is 1140. The summed E-state index contributed by atoms with van der Waals surface area (Å²) in [6, 6.07) is 0. The zero-order valence-electron chi connectivity index (χ0n) is 26.5. The molecule has 1 saturated carbocycles. The molecule has 7 nitrogen and oxygen atoms in total. The van der Waals surface area contributed by atoms with Crippen LogP contribution in [0.1, 0.15) is 93.9 Å². The van der Waals surface area contributed by atoms with Gasteiger partial charge in [-0.2, -0.15) is 0 Å². The third-order valence-corrected chi connectivity index (χ3v) is 11.6. The number of aliphatic hydroxyl groups excluding tert-OH is 2. The summed E-state index contributed by atoms with van der Waals surface area (Å²) in [5.74, 6) is 0.0626. The quantitative estimate of drug-likeness (QED) is 0.269. The van der Waals surface area contributed by atoms with E-state index in [1.807, 2.05) is 13.8 Å². The Morgan fingerprint density at radius 1 is 1.15 bits per heavy atom. The van der Waals surface area contributed by atoms with Crippen LogP contribution < -0.4 is 5.73 Å². The molecule has 9 atom stereocenters. The summed E-state index contributed by atoms with van der Waals surface area (Å²) in [6.45, 7) is 20.4. The van der Waals surface area contributed by atoms with E-state index < -0.39 is 52.6 Å². The number of fused-ring (bicyclic) bond motifs is 4. The third-order valence-electron chi connectivity index (χ3n) is 11.6. The molecule has 0 bridgehead atoms. The molecule has 230 valence electrons. The molecular formula is C34H53NO6. The first-order chi connectivity index (χ1) is 19.0. The Kier molecular flexibility index (Phi) is 8.79. The van der Waals surface area contributed by atoms with Crippen LogP contribution in [0.3, 0.4) is 0 Å². The summed E-state index contributed by atoms with van der Waals surface area (Å²) in [4.78, 5) is 24.8. The molecule has 0 aliphatic heterocycles. The molecule has 0 aromatic heterocycles.